The van der Waals surface area contributed by atoms with Crippen molar-refractivity contribution in [2.45, 2.75) is 31.8 Å². The quantitative estimate of drug-likeness (QED) is 0.838. The van der Waals surface area contributed by atoms with E-state index in [2.05, 4.69) is 0 Å². The topological polar surface area (TPSA) is 46.2 Å². The van der Waals surface area contributed by atoms with Crippen molar-refractivity contribution in [1.29, 1.82) is 0 Å². The first-order valence-corrected chi connectivity index (χ1v) is 5.81. The first kappa shape index (κ1) is 13.4. The molecule has 0 bridgehead atoms. The number of halogens is 2. The average molecular weight is 246 g/mol. The minimum Gasteiger partial charge on any atom is -0.392 e. The van der Waals surface area contributed by atoms with Crippen LogP contribution in [-0.4, -0.2) is 17.8 Å². The maximum atomic E-state index is 13.6. The van der Waals surface area contributed by atoms with Crippen LogP contribution in [0.1, 0.15) is 31.2 Å². The van der Waals surface area contributed by atoms with Crippen LogP contribution in [0, 0.1) is 5.82 Å². The van der Waals surface area contributed by atoms with Gasteiger partial charge < -0.3 is 10.8 Å². The Hall–Kier alpha value is -0.640. The Labute approximate surface area is 100 Å². The molecule has 0 fully saturated rings. The third-order valence-electron chi connectivity index (χ3n) is 2.67. The van der Waals surface area contributed by atoms with Gasteiger partial charge in [-0.25, -0.2) is 4.39 Å². The van der Waals surface area contributed by atoms with Gasteiger partial charge in [-0.2, -0.15) is 0 Å². The predicted octanol–water partition coefficient (Wildman–Crippen LogP) is 2.68. The molecule has 0 aliphatic carbocycles. The summed E-state index contributed by atoms with van der Waals surface area (Å²) in [6.07, 6.45) is 0.764. The van der Waals surface area contributed by atoms with E-state index in [9.17, 15) is 9.50 Å². The van der Waals surface area contributed by atoms with Crippen molar-refractivity contribution in [2.75, 3.05) is 6.54 Å². The summed E-state index contributed by atoms with van der Waals surface area (Å²) in [5, 5.41) is 10.2. The first-order valence-electron chi connectivity index (χ1n) is 5.43. The summed E-state index contributed by atoms with van der Waals surface area (Å²) in [5.41, 5.74) is 5.91. The van der Waals surface area contributed by atoms with Gasteiger partial charge >= 0.3 is 0 Å². The highest BCUT2D eigenvalue weighted by atomic mass is 35.5. The summed E-state index contributed by atoms with van der Waals surface area (Å²) in [4.78, 5) is 0. The molecule has 2 unspecified atom stereocenters. The number of aliphatic hydroxyl groups is 1. The van der Waals surface area contributed by atoms with Gasteiger partial charge in [-0.15, -0.1) is 0 Å². The van der Waals surface area contributed by atoms with Crippen LogP contribution in [0.5, 0.6) is 0 Å². The molecule has 0 heterocycles. The highest BCUT2D eigenvalue weighted by molar-refractivity contribution is 6.31. The number of aliphatic hydroxyl groups excluding tert-OH is 1. The zero-order chi connectivity index (χ0) is 12.1. The highest BCUT2D eigenvalue weighted by Gasteiger charge is 2.24. The Morgan fingerprint density at radius 3 is 2.69 bits per heavy atom. The third-order valence-corrected chi connectivity index (χ3v) is 3.00. The lowest BCUT2D eigenvalue weighted by atomic mass is 9.90. The number of nitrogens with two attached hydrogens (primary N) is 1. The second-order valence-electron chi connectivity index (χ2n) is 3.83. The zero-order valence-corrected chi connectivity index (χ0v) is 10.0. The van der Waals surface area contributed by atoms with Gasteiger partial charge in [0.1, 0.15) is 5.82 Å². The standard InChI is InChI=1S/C12H17ClFNO/c1-2-4-11(16)8(7-15)12-9(13)5-3-6-10(12)14/h3,5-6,8,11,16H,2,4,7,15H2,1H3. The van der Waals surface area contributed by atoms with Gasteiger partial charge in [-0.05, 0) is 18.6 Å². The van der Waals surface area contributed by atoms with E-state index in [0.29, 0.717) is 17.0 Å². The summed E-state index contributed by atoms with van der Waals surface area (Å²) >= 11 is 5.94. The fourth-order valence-electron chi connectivity index (χ4n) is 1.83. The van der Waals surface area contributed by atoms with E-state index < -0.39 is 17.8 Å². The van der Waals surface area contributed by atoms with Gasteiger partial charge in [0.15, 0.2) is 0 Å². The Morgan fingerprint density at radius 1 is 1.50 bits per heavy atom. The summed E-state index contributed by atoms with van der Waals surface area (Å²) in [7, 11) is 0. The molecule has 2 atom stereocenters. The normalized spacial score (nSPS) is 14.8. The SMILES string of the molecule is CCCC(O)C(CN)c1c(F)cccc1Cl. The van der Waals surface area contributed by atoms with Crippen molar-refractivity contribution >= 4 is 11.6 Å². The molecule has 0 radical (unpaired) electrons. The van der Waals surface area contributed by atoms with Crippen molar-refractivity contribution in [3.8, 4) is 0 Å². The van der Waals surface area contributed by atoms with Crippen molar-refractivity contribution in [1.82, 2.24) is 0 Å². The molecule has 1 rings (SSSR count). The molecule has 2 nitrogen and oxygen atoms in total. The molecule has 0 aliphatic heterocycles. The molecular formula is C12H17ClFNO. The highest BCUT2D eigenvalue weighted by Crippen LogP contribution is 2.30. The molecular weight excluding hydrogens is 229 g/mol. The number of hydrogen-bond acceptors (Lipinski definition) is 2. The number of hydrogen-bond donors (Lipinski definition) is 2. The minimum absolute atomic E-state index is 0.182. The molecule has 0 saturated carbocycles. The third kappa shape index (κ3) is 2.94. The van der Waals surface area contributed by atoms with Gasteiger partial charge in [-0.3, -0.25) is 0 Å². The van der Waals surface area contributed by atoms with E-state index in [1.807, 2.05) is 6.92 Å². The fourth-order valence-corrected chi connectivity index (χ4v) is 2.13. The zero-order valence-electron chi connectivity index (χ0n) is 9.29. The predicted molar refractivity (Wildman–Crippen MR) is 64.1 cm³/mol. The minimum atomic E-state index is -0.649. The Balaban J connectivity index is 3.03. The van der Waals surface area contributed by atoms with Crippen LogP contribution in [0.15, 0.2) is 18.2 Å². The molecule has 90 valence electrons. The maximum Gasteiger partial charge on any atom is 0.128 e. The second kappa shape index (κ2) is 6.18. The molecule has 3 N–H and O–H groups in total. The molecule has 0 aliphatic rings. The molecule has 0 amide bonds. The largest absolute Gasteiger partial charge is 0.392 e. The van der Waals surface area contributed by atoms with Crippen molar-refractivity contribution in [2.24, 2.45) is 5.73 Å². The van der Waals surface area contributed by atoms with E-state index in [4.69, 9.17) is 17.3 Å². The number of benzene rings is 1. The fraction of sp³-hybridized carbons (Fsp3) is 0.500. The lowest BCUT2D eigenvalue weighted by Crippen LogP contribution is -2.27. The lowest BCUT2D eigenvalue weighted by Gasteiger charge is -2.22. The molecule has 0 aromatic heterocycles. The summed E-state index contributed by atoms with van der Waals surface area (Å²) in [6.45, 7) is 2.14. The number of rotatable bonds is 5. The molecule has 1 aromatic rings. The summed E-state index contributed by atoms with van der Waals surface area (Å²) in [6, 6.07) is 4.49. The molecule has 16 heavy (non-hydrogen) atoms. The van der Waals surface area contributed by atoms with Gasteiger partial charge in [0, 0.05) is 23.0 Å². The van der Waals surface area contributed by atoms with E-state index in [1.54, 1.807) is 12.1 Å². The van der Waals surface area contributed by atoms with Crippen LogP contribution < -0.4 is 5.73 Å². The van der Waals surface area contributed by atoms with E-state index in [1.165, 1.54) is 6.07 Å². The van der Waals surface area contributed by atoms with Crippen LogP contribution in [0.3, 0.4) is 0 Å². The first-order chi connectivity index (χ1) is 7.61. The van der Waals surface area contributed by atoms with Crippen LogP contribution >= 0.6 is 11.6 Å². The summed E-state index contributed by atoms with van der Waals surface area (Å²) < 4.78 is 13.6. The van der Waals surface area contributed by atoms with Gasteiger partial charge in [0.25, 0.3) is 0 Å². The van der Waals surface area contributed by atoms with Crippen molar-refractivity contribution < 1.29 is 9.50 Å². The van der Waals surface area contributed by atoms with E-state index >= 15 is 0 Å². The van der Waals surface area contributed by atoms with Crippen LogP contribution in [-0.2, 0) is 0 Å². The van der Waals surface area contributed by atoms with Crippen LogP contribution in [0.2, 0.25) is 5.02 Å². The van der Waals surface area contributed by atoms with Gasteiger partial charge in [-0.1, -0.05) is 31.0 Å². The van der Waals surface area contributed by atoms with Gasteiger partial charge in [0.2, 0.25) is 0 Å². The molecule has 0 spiro atoms. The Morgan fingerprint density at radius 2 is 2.19 bits per heavy atom. The van der Waals surface area contributed by atoms with Crippen LogP contribution in [0.25, 0.3) is 0 Å². The lowest BCUT2D eigenvalue weighted by molar-refractivity contribution is 0.133. The van der Waals surface area contributed by atoms with Crippen molar-refractivity contribution in [3.05, 3.63) is 34.6 Å². The molecule has 1 aromatic carbocycles. The maximum absolute atomic E-state index is 13.6. The Bertz CT molecular complexity index is 326. The average Bonchev–Trinajstić information content (AvgIpc) is 2.24. The smallest absolute Gasteiger partial charge is 0.128 e. The van der Waals surface area contributed by atoms with Crippen molar-refractivity contribution in [3.63, 3.8) is 0 Å². The van der Waals surface area contributed by atoms with E-state index in [-0.39, 0.29) is 6.54 Å². The van der Waals surface area contributed by atoms with E-state index in [0.717, 1.165) is 6.42 Å². The summed E-state index contributed by atoms with van der Waals surface area (Å²) in [5.74, 6) is -0.841. The Kier molecular flexibility index (Phi) is 5.19. The monoisotopic (exact) mass is 245 g/mol. The van der Waals surface area contributed by atoms with Gasteiger partial charge in [0.05, 0.1) is 6.10 Å². The molecule has 4 heteroatoms. The molecule has 0 saturated heterocycles. The van der Waals surface area contributed by atoms with Crippen LogP contribution in [0.4, 0.5) is 4.39 Å². The second-order valence-corrected chi connectivity index (χ2v) is 4.24.